The summed E-state index contributed by atoms with van der Waals surface area (Å²) in [5.74, 6) is 0.827. The van der Waals surface area contributed by atoms with Gasteiger partial charge in [0.1, 0.15) is 10.6 Å². The van der Waals surface area contributed by atoms with E-state index in [1.54, 1.807) is 30.3 Å². The van der Waals surface area contributed by atoms with Crippen molar-refractivity contribution >= 4 is 10.1 Å². The summed E-state index contributed by atoms with van der Waals surface area (Å²) in [7, 11) is -2.50. The predicted molar refractivity (Wildman–Crippen MR) is 80.5 cm³/mol. The van der Waals surface area contributed by atoms with E-state index in [1.165, 1.54) is 25.3 Å². The molecular formula is C15H12N2O5S. The van der Waals surface area contributed by atoms with Crippen LogP contribution in [0.4, 0.5) is 0 Å². The Balaban J connectivity index is 1.95. The van der Waals surface area contributed by atoms with Crippen LogP contribution in [0.1, 0.15) is 0 Å². The summed E-state index contributed by atoms with van der Waals surface area (Å²) >= 11 is 0. The molecule has 3 aromatic rings. The first-order chi connectivity index (χ1) is 11.1. The van der Waals surface area contributed by atoms with Gasteiger partial charge < -0.3 is 13.3 Å². The van der Waals surface area contributed by atoms with Crippen molar-refractivity contribution in [3.63, 3.8) is 0 Å². The molecule has 118 valence electrons. The highest BCUT2D eigenvalue weighted by Crippen LogP contribution is 2.30. The van der Waals surface area contributed by atoms with Crippen LogP contribution in [0.3, 0.4) is 0 Å². The van der Waals surface area contributed by atoms with Gasteiger partial charge in [-0.3, -0.25) is 0 Å². The van der Waals surface area contributed by atoms with Crippen LogP contribution in [-0.4, -0.2) is 25.7 Å². The molecule has 8 heteroatoms. The molecule has 0 saturated heterocycles. The van der Waals surface area contributed by atoms with Crippen molar-refractivity contribution in [2.75, 3.05) is 7.11 Å². The largest absolute Gasteiger partial charge is 0.497 e. The van der Waals surface area contributed by atoms with E-state index in [-0.39, 0.29) is 16.5 Å². The third kappa shape index (κ3) is 3.16. The van der Waals surface area contributed by atoms with Gasteiger partial charge in [0.05, 0.1) is 12.7 Å². The van der Waals surface area contributed by atoms with Crippen LogP contribution in [-0.2, 0) is 10.1 Å². The Morgan fingerprint density at radius 2 is 1.78 bits per heavy atom. The molecule has 0 saturated carbocycles. The van der Waals surface area contributed by atoms with E-state index in [1.807, 2.05) is 0 Å². The van der Waals surface area contributed by atoms with Crippen LogP contribution in [0.25, 0.3) is 11.5 Å². The topological polar surface area (TPSA) is 91.5 Å². The van der Waals surface area contributed by atoms with Crippen molar-refractivity contribution in [2.24, 2.45) is 0 Å². The van der Waals surface area contributed by atoms with Gasteiger partial charge in [-0.05, 0) is 36.4 Å². The van der Waals surface area contributed by atoms with Crippen LogP contribution in [0.5, 0.6) is 11.5 Å². The molecular weight excluding hydrogens is 320 g/mol. The van der Waals surface area contributed by atoms with Gasteiger partial charge in [0.2, 0.25) is 6.39 Å². The molecule has 2 aromatic carbocycles. The van der Waals surface area contributed by atoms with Gasteiger partial charge in [-0.15, -0.1) is 10.2 Å². The first kappa shape index (κ1) is 15.0. The zero-order valence-electron chi connectivity index (χ0n) is 12.0. The van der Waals surface area contributed by atoms with E-state index in [2.05, 4.69) is 10.2 Å². The van der Waals surface area contributed by atoms with E-state index in [4.69, 9.17) is 13.3 Å². The number of aromatic nitrogens is 2. The molecule has 0 aliphatic carbocycles. The van der Waals surface area contributed by atoms with Crippen molar-refractivity contribution in [1.82, 2.24) is 10.2 Å². The number of ether oxygens (including phenoxy) is 1. The monoisotopic (exact) mass is 332 g/mol. The predicted octanol–water partition coefficient (Wildman–Crippen LogP) is 2.51. The standard InChI is InChI=1S/C15H12N2O5S/c1-20-11-6-8-12(9-7-11)23(18,19)22-14-5-3-2-4-13(14)15-17-16-10-21-15/h2-10H,1H3. The Morgan fingerprint density at radius 1 is 1.04 bits per heavy atom. The fourth-order valence-corrected chi connectivity index (χ4v) is 2.86. The third-order valence-corrected chi connectivity index (χ3v) is 4.27. The molecule has 0 radical (unpaired) electrons. The number of hydrogen-bond acceptors (Lipinski definition) is 7. The molecule has 0 N–H and O–H groups in total. The van der Waals surface area contributed by atoms with E-state index in [9.17, 15) is 8.42 Å². The Kier molecular flexibility index (Phi) is 3.98. The minimum Gasteiger partial charge on any atom is -0.497 e. The molecule has 0 aliphatic heterocycles. The van der Waals surface area contributed by atoms with Gasteiger partial charge in [0.15, 0.2) is 5.75 Å². The van der Waals surface area contributed by atoms with Crippen molar-refractivity contribution in [1.29, 1.82) is 0 Å². The second-order valence-corrected chi connectivity index (χ2v) is 6.00. The number of para-hydroxylation sites is 1. The zero-order chi connectivity index (χ0) is 16.3. The number of rotatable bonds is 5. The minimum absolute atomic E-state index is 0.0126. The molecule has 0 aliphatic rings. The van der Waals surface area contributed by atoms with Gasteiger partial charge in [-0.1, -0.05) is 12.1 Å². The van der Waals surface area contributed by atoms with Crippen molar-refractivity contribution in [3.05, 3.63) is 54.9 Å². The summed E-state index contributed by atoms with van der Waals surface area (Å²) in [5, 5.41) is 7.34. The van der Waals surface area contributed by atoms with Gasteiger partial charge in [0.25, 0.3) is 5.89 Å². The Morgan fingerprint density at radius 3 is 2.43 bits per heavy atom. The first-order valence-corrected chi connectivity index (χ1v) is 7.95. The molecule has 0 fully saturated rings. The maximum Gasteiger partial charge on any atom is 0.339 e. The summed E-state index contributed by atoms with van der Waals surface area (Å²) in [6.45, 7) is 0. The Hall–Kier alpha value is -2.87. The van der Waals surface area contributed by atoms with E-state index in [0.29, 0.717) is 11.3 Å². The SMILES string of the molecule is COc1ccc(S(=O)(=O)Oc2ccccc2-c2nnco2)cc1. The summed E-state index contributed by atoms with van der Waals surface area (Å²) in [5.41, 5.74) is 0.391. The average Bonchev–Trinajstić information content (AvgIpc) is 3.09. The molecule has 0 spiro atoms. The lowest BCUT2D eigenvalue weighted by atomic mass is 10.2. The van der Waals surface area contributed by atoms with E-state index in [0.717, 1.165) is 6.39 Å². The highest BCUT2D eigenvalue weighted by atomic mass is 32.2. The summed E-state index contributed by atoms with van der Waals surface area (Å²) in [6, 6.07) is 12.4. The smallest absolute Gasteiger partial charge is 0.339 e. The van der Waals surface area contributed by atoms with Crippen LogP contribution in [0.2, 0.25) is 0 Å². The van der Waals surface area contributed by atoms with E-state index >= 15 is 0 Å². The van der Waals surface area contributed by atoms with E-state index < -0.39 is 10.1 Å². The van der Waals surface area contributed by atoms with Crippen LogP contribution in [0, 0.1) is 0 Å². The lowest BCUT2D eigenvalue weighted by Gasteiger charge is -2.10. The lowest BCUT2D eigenvalue weighted by Crippen LogP contribution is -2.10. The van der Waals surface area contributed by atoms with Crippen LogP contribution < -0.4 is 8.92 Å². The van der Waals surface area contributed by atoms with Crippen molar-refractivity contribution < 1.29 is 21.8 Å². The molecule has 23 heavy (non-hydrogen) atoms. The second kappa shape index (κ2) is 6.09. The molecule has 1 heterocycles. The van der Waals surface area contributed by atoms with Gasteiger partial charge >= 0.3 is 10.1 Å². The van der Waals surface area contributed by atoms with Crippen LogP contribution >= 0.6 is 0 Å². The molecule has 1 aromatic heterocycles. The zero-order valence-corrected chi connectivity index (χ0v) is 12.9. The maximum absolute atomic E-state index is 12.4. The summed E-state index contributed by atoms with van der Waals surface area (Å²) in [6.07, 6.45) is 1.16. The molecule has 3 rings (SSSR count). The number of methoxy groups -OCH3 is 1. The third-order valence-electron chi connectivity index (χ3n) is 3.03. The lowest BCUT2D eigenvalue weighted by molar-refractivity contribution is 0.414. The minimum atomic E-state index is -4.00. The highest BCUT2D eigenvalue weighted by molar-refractivity contribution is 7.87. The molecule has 0 unspecified atom stereocenters. The summed E-state index contributed by atoms with van der Waals surface area (Å²) < 4.78 is 40.1. The molecule has 0 bridgehead atoms. The molecule has 7 nitrogen and oxygen atoms in total. The van der Waals surface area contributed by atoms with Crippen molar-refractivity contribution in [3.8, 4) is 23.0 Å². The van der Waals surface area contributed by atoms with Gasteiger partial charge in [-0.2, -0.15) is 8.42 Å². The van der Waals surface area contributed by atoms with Crippen molar-refractivity contribution in [2.45, 2.75) is 4.90 Å². The van der Waals surface area contributed by atoms with Crippen LogP contribution in [0.15, 0.2) is 64.2 Å². The number of hydrogen-bond donors (Lipinski definition) is 0. The molecule has 0 atom stereocenters. The number of benzene rings is 2. The highest BCUT2D eigenvalue weighted by Gasteiger charge is 2.20. The Labute approximate surface area is 132 Å². The maximum atomic E-state index is 12.4. The second-order valence-electron chi connectivity index (χ2n) is 4.45. The Bertz CT molecular complexity index is 890. The first-order valence-electron chi connectivity index (χ1n) is 6.54. The van der Waals surface area contributed by atoms with Gasteiger partial charge in [0, 0.05) is 0 Å². The van der Waals surface area contributed by atoms with Gasteiger partial charge in [-0.25, -0.2) is 0 Å². The fraction of sp³-hybridized carbons (Fsp3) is 0.0667. The molecule has 0 amide bonds. The normalized spacial score (nSPS) is 11.2. The number of nitrogens with zero attached hydrogens (tertiary/aromatic N) is 2. The quantitative estimate of drug-likeness (QED) is 0.663. The summed E-state index contributed by atoms with van der Waals surface area (Å²) in [4.78, 5) is 0.0126. The fourth-order valence-electron chi connectivity index (χ4n) is 1.92. The average molecular weight is 332 g/mol.